The predicted octanol–water partition coefficient (Wildman–Crippen LogP) is -0.888. The summed E-state index contributed by atoms with van der Waals surface area (Å²) in [5, 5.41) is 29.5. The van der Waals surface area contributed by atoms with Gasteiger partial charge in [-0.2, -0.15) is 15.0 Å². The van der Waals surface area contributed by atoms with E-state index in [9.17, 15) is 19.5 Å². The quantitative estimate of drug-likeness (QED) is 0.0756. The summed E-state index contributed by atoms with van der Waals surface area (Å²) in [7, 11) is 0. The summed E-state index contributed by atoms with van der Waals surface area (Å²) >= 11 is 5.30. The highest BCUT2D eigenvalue weighted by atomic mass is 32.1. The number of hydrogen-bond acceptors (Lipinski definition) is 13. The number of nitrogens with one attached hydrogen (secondary N) is 2. The van der Waals surface area contributed by atoms with Crippen LogP contribution in [0.25, 0.3) is 0 Å². The van der Waals surface area contributed by atoms with Crippen molar-refractivity contribution in [1.82, 2.24) is 34.9 Å². The highest BCUT2D eigenvalue weighted by Gasteiger charge is 2.55. The Hall–Kier alpha value is -3.28. The molecular weight excluding hydrogens is 536 g/mol. The van der Waals surface area contributed by atoms with Crippen molar-refractivity contribution < 1.29 is 24.3 Å². The van der Waals surface area contributed by atoms with Crippen molar-refractivity contribution in [3.05, 3.63) is 23.0 Å². The molecule has 38 heavy (non-hydrogen) atoms. The summed E-state index contributed by atoms with van der Waals surface area (Å²) in [6.45, 7) is 5.30. The van der Waals surface area contributed by atoms with Gasteiger partial charge in [-0.15, -0.1) is 11.3 Å². The monoisotopic (exact) mass is 566 g/mol. The number of anilines is 1. The number of carboxylic acid groups (broad SMARTS) is 1. The van der Waals surface area contributed by atoms with E-state index >= 15 is 0 Å². The van der Waals surface area contributed by atoms with Crippen molar-refractivity contribution in [2.75, 3.05) is 12.3 Å². The third-order valence-electron chi connectivity index (χ3n) is 6.31. The number of aliphatic carboxylic acids is 1. The Morgan fingerprint density at radius 3 is 2.76 bits per heavy atom. The highest BCUT2D eigenvalue weighted by Crippen LogP contribution is 2.40. The van der Waals surface area contributed by atoms with Gasteiger partial charge in [0.1, 0.15) is 11.7 Å². The number of carbonyl (C=O) groups excluding carboxylic acids is 2. The van der Waals surface area contributed by atoms with Crippen LogP contribution in [0.1, 0.15) is 44.5 Å². The van der Waals surface area contributed by atoms with Crippen LogP contribution >= 0.6 is 24.2 Å². The Kier molecular flexibility index (Phi) is 7.91. The Bertz CT molecular complexity index is 1240. The van der Waals surface area contributed by atoms with Crippen LogP contribution in [0.4, 0.5) is 5.13 Å². The normalized spacial score (nSPS) is 20.7. The summed E-state index contributed by atoms with van der Waals surface area (Å²) in [5.74, 6) is -2.39. The second kappa shape index (κ2) is 10.8. The van der Waals surface area contributed by atoms with E-state index in [1.165, 1.54) is 14.5 Å². The van der Waals surface area contributed by atoms with Crippen molar-refractivity contribution in [2.45, 2.75) is 69.4 Å². The van der Waals surface area contributed by atoms with E-state index in [1.807, 2.05) is 13.8 Å². The largest absolute Gasteiger partial charge is 0.478 e. The van der Waals surface area contributed by atoms with E-state index in [1.54, 1.807) is 6.20 Å². The molecule has 3 heterocycles. The van der Waals surface area contributed by atoms with E-state index in [4.69, 9.17) is 16.3 Å². The van der Waals surface area contributed by atoms with Crippen LogP contribution in [-0.2, 0) is 32.3 Å². The van der Waals surface area contributed by atoms with Crippen LogP contribution in [0.3, 0.4) is 0 Å². The Labute approximate surface area is 227 Å². The third-order valence-corrected chi connectivity index (χ3v) is 7.48. The number of hydrogen-bond donors (Lipinski definition) is 6. The van der Waals surface area contributed by atoms with E-state index < -0.39 is 35.5 Å². The number of thiol groups is 1. The lowest BCUT2D eigenvalue weighted by Crippen LogP contribution is -2.69. The van der Waals surface area contributed by atoms with Gasteiger partial charge >= 0.3 is 5.97 Å². The molecule has 15 nitrogen and oxygen atoms in total. The summed E-state index contributed by atoms with van der Waals surface area (Å²) in [4.78, 5) is 47.8. The molecule has 17 heteroatoms. The summed E-state index contributed by atoms with van der Waals surface area (Å²) in [5.41, 5.74) is 10.2. The van der Waals surface area contributed by atoms with Crippen LogP contribution in [0.15, 0.2) is 16.7 Å². The molecule has 2 atom stereocenters. The zero-order valence-electron chi connectivity index (χ0n) is 20.8. The van der Waals surface area contributed by atoms with Gasteiger partial charge in [-0.3, -0.25) is 13.9 Å². The second-order valence-corrected chi connectivity index (χ2v) is 11.1. The van der Waals surface area contributed by atoms with Gasteiger partial charge in [-0.1, -0.05) is 18.0 Å². The fraction of sp³-hybridized carbons (Fsp3) is 0.571. The Morgan fingerprint density at radius 1 is 1.42 bits per heavy atom. The molecule has 206 valence electrons. The molecule has 1 saturated carbocycles. The van der Waals surface area contributed by atoms with Gasteiger partial charge in [-0.25, -0.2) is 9.78 Å². The minimum atomic E-state index is -1.47. The van der Waals surface area contributed by atoms with Crippen LogP contribution in [-0.4, -0.2) is 82.7 Å². The lowest BCUT2D eigenvalue weighted by molar-refractivity contribution is -0.153. The smallest absolute Gasteiger partial charge is 0.350 e. The Morgan fingerprint density at radius 2 is 2.16 bits per heavy atom. The Balaban J connectivity index is 1.43. The fourth-order valence-corrected chi connectivity index (χ4v) is 4.60. The number of nitrogens with two attached hydrogens (primary N) is 2. The van der Waals surface area contributed by atoms with Crippen molar-refractivity contribution in [3.8, 4) is 0 Å². The minimum Gasteiger partial charge on any atom is -0.478 e. The average Bonchev–Trinajstić information content (AvgIpc) is 3.33. The van der Waals surface area contributed by atoms with Crippen molar-refractivity contribution in [2.24, 2.45) is 10.9 Å². The van der Waals surface area contributed by atoms with Gasteiger partial charge in [0, 0.05) is 30.3 Å². The van der Waals surface area contributed by atoms with Crippen molar-refractivity contribution >= 4 is 52.8 Å². The second-order valence-electron chi connectivity index (χ2n) is 9.77. The maximum absolute atomic E-state index is 13.2. The molecule has 2 amide bonds. The number of amides is 2. The molecular formula is C21H30N10O5S2. The molecule has 2 aliphatic rings. The molecule has 7 N–H and O–H groups in total. The number of rotatable bonds is 13. The van der Waals surface area contributed by atoms with Gasteiger partial charge in [0.05, 0.1) is 24.5 Å². The summed E-state index contributed by atoms with van der Waals surface area (Å²) in [6.07, 6.45) is 2.93. The first-order valence-corrected chi connectivity index (χ1v) is 13.1. The van der Waals surface area contributed by atoms with E-state index in [-0.39, 0.29) is 41.5 Å². The zero-order chi connectivity index (χ0) is 27.7. The standard InChI is InChI=1S/C21H30N10O5S2/c1-20(2,5-6-22)24-7-11-8-25-30(28-11)9-13-15(17(33)31(13)37)27-16(32)14(12-10-38-19(23)26-12)29-36-21(3-4-21)18(34)35/h8,10,13,15,24,37H,3-7,9,22H2,1-2H3,(H2,23,26)(H,27,32)(H,34,35)/b29-14-. The molecule has 2 unspecified atom stereocenters. The SMILES string of the molecule is CC(C)(CCN)NCc1cnn(CC2C(NC(=O)/C(=N\OC3(C(=O)O)CC3)c3csc(N)n3)C(=O)N2S)n1. The molecule has 4 rings (SSSR count). The molecule has 1 aliphatic heterocycles. The molecule has 0 bridgehead atoms. The maximum atomic E-state index is 13.2. The lowest BCUT2D eigenvalue weighted by atomic mass is 9.98. The summed E-state index contributed by atoms with van der Waals surface area (Å²) in [6, 6.07) is -1.51. The highest BCUT2D eigenvalue weighted by molar-refractivity contribution is 7.78. The molecule has 1 aliphatic carbocycles. The molecule has 1 saturated heterocycles. The van der Waals surface area contributed by atoms with Gasteiger partial charge in [0.25, 0.3) is 11.8 Å². The van der Waals surface area contributed by atoms with E-state index in [0.29, 0.717) is 18.8 Å². The van der Waals surface area contributed by atoms with Gasteiger partial charge < -0.3 is 32.0 Å². The van der Waals surface area contributed by atoms with Gasteiger partial charge in [0.2, 0.25) is 5.60 Å². The van der Waals surface area contributed by atoms with Crippen LogP contribution in [0.5, 0.6) is 0 Å². The van der Waals surface area contributed by atoms with Gasteiger partial charge in [-0.05, 0) is 26.8 Å². The number of aromatic nitrogens is 4. The van der Waals surface area contributed by atoms with Crippen LogP contribution in [0.2, 0.25) is 0 Å². The molecule has 0 aromatic carbocycles. The number of carboxylic acids is 1. The first kappa shape index (κ1) is 27.7. The van der Waals surface area contributed by atoms with Crippen molar-refractivity contribution in [1.29, 1.82) is 0 Å². The number of thiazole rings is 1. The maximum Gasteiger partial charge on any atom is 0.350 e. The number of β-lactam (4-membered cyclic amide) rings is 1. The number of oxime groups is 1. The third kappa shape index (κ3) is 6.06. The minimum absolute atomic E-state index is 0.0979. The predicted molar refractivity (Wildman–Crippen MR) is 140 cm³/mol. The van der Waals surface area contributed by atoms with Crippen LogP contribution < -0.4 is 22.1 Å². The van der Waals surface area contributed by atoms with E-state index in [0.717, 1.165) is 17.8 Å². The average molecular weight is 567 g/mol. The molecule has 2 fully saturated rings. The van der Waals surface area contributed by atoms with Crippen LogP contribution in [0, 0.1) is 0 Å². The molecule has 2 aromatic heterocycles. The fourth-order valence-electron chi connectivity index (χ4n) is 3.72. The lowest BCUT2D eigenvalue weighted by Gasteiger charge is -2.43. The first-order chi connectivity index (χ1) is 17.9. The number of carbonyl (C=O) groups is 3. The summed E-state index contributed by atoms with van der Waals surface area (Å²) < 4.78 is 1.19. The number of nitrogens with zero attached hydrogens (tertiary/aromatic N) is 6. The molecule has 0 spiro atoms. The molecule has 0 radical (unpaired) electrons. The van der Waals surface area contributed by atoms with Crippen molar-refractivity contribution in [3.63, 3.8) is 0 Å². The van der Waals surface area contributed by atoms with E-state index in [2.05, 4.69) is 43.8 Å². The van der Waals surface area contributed by atoms with Gasteiger partial charge in [0.15, 0.2) is 10.8 Å². The topological polar surface area (TPSA) is 216 Å². The zero-order valence-corrected chi connectivity index (χ0v) is 22.5. The molecule has 2 aromatic rings. The number of nitrogen functional groups attached to an aromatic ring is 1. The first-order valence-electron chi connectivity index (χ1n) is 11.8.